The van der Waals surface area contributed by atoms with Crippen molar-refractivity contribution in [2.24, 2.45) is 0 Å². The van der Waals surface area contributed by atoms with Crippen LogP contribution >= 0.6 is 11.6 Å². The van der Waals surface area contributed by atoms with E-state index in [4.69, 9.17) is 11.6 Å². The summed E-state index contributed by atoms with van der Waals surface area (Å²) in [6.45, 7) is 1.89. The first kappa shape index (κ1) is 20.3. The molecule has 1 aromatic heterocycles. The first-order valence-corrected chi connectivity index (χ1v) is 11.4. The molecule has 4 rings (SSSR count). The molecule has 3 aromatic carbocycles. The van der Waals surface area contributed by atoms with E-state index in [-0.39, 0.29) is 4.90 Å². The molecule has 0 aliphatic rings. The van der Waals surface area contributed by atoms with Gasteiger partial charge in [0.2, 0.25) is 0 Å². The van der Waals surface area contributed by atoms with Gasteiger partial charge in [0.25, 0.3) is 0 Å². The highest BCUT2D eigenvalue weighted by atomic mass is 35.5. The Morgan fingerprint density at radius 2 is 1.73 bits per heavy atom. The predicted octanol–water partition coefficient (Wildman–Crippen LogP) is 5.71. The molecule has 0 atom stereocenters. The van der Waals surface area contributed by atoms with Crippen molar-refractivity contribution in [2.45, 2.75) is 11.8 Å². The molecule has 0 fully saturated rings. The van der Waals surface area contributed by atoms with Crippen LogP contribution < -0.4 is 0 Å². The third-order valence-corrected chi connectivity index (χ3v) is 6.47. The van der Waals surface area contributed by atoms with Crippen LogP contribution in [0.2, 0.25) is 5.02 Å². The molecule has 0 radical (unpaired) electrons. The van der Waals surface area contributed by atoms with Gasteiger partial charge in [-0.15, -0.1) is 0 Å². The molecule has 1 heterocycles. The third-order valence-electron chi connectivity index (χ3n) is 4.95. The second-order valence-corrected chi connectivity index (χ2v) is 9.42. The third kappa shape index (κ3) is 3.76. The summed E-state index contributed by atoms with van der Waals surface area (Å²) in [5, 5.41) is 0.614. The SMILES string of the molecule is Cc1c(Cl)cccc1-c1nccn1-c1ccc(-c2cccc(S(C)(=O)=O)c2)cc1F. The fourth-order valence-corrected chi connectivity index (χ4v) is 4.18. The van der Waals surface area contributed by atoms with E-state index in [0.717, 1.165) is 17.4 Å². The molecular weight excluding hydrogens is 423 g/mol. The van der Waals surface area contributed by atoms with Gasteiger partial charge in [0, 0.05) is 29.2 Å². The first-order valence-electron chi connectivity index (χ1n) is 9.15. The summed E-state index contributed by atoms with van der Waals surface area (Å²) in [7, 11) is -3.35. The molecule has 0 aliphatic heterocycles. The highest BCUT2D eigenvalue weighted by molar-refractivity contribution is 7.90. The highest BCUT2D eigenvalue weighted by Gasteiger charge is 2.15. The number of hydrogen-bond donors (Lipinski definition) is 0. The van der Waals surface area contributed by atoms with Gasteiger partial charge >= 0.3 is 0 Å². The van der Waals surface area contributed by atoms with E-state index in [1.165, 1.54) is 12.1 Å². The van der Waals surface area contributed by atoms with Crippen LogP contribution in [0.1, 0.15) is 5.56 Å². The van der Waals surface area contributed by atoms with Gasteiger partial charge in [0.05, 0.1) is 10.6 Å². The molecule has 0 spiro atoms. The highest BCUT2D eigenvalue weighted by Crippen LogP contribution is 2.31. The number of rotatable bonds is 4. The van der Waals surface area contributed by atoms with Gasteiger partial charge in [-0.2, -0.15) is 0 Å². The summed E-state index contributed by atoms with van der Waals surface area (Å²) < 4.78 is 40.4. The maximum atomic E-state index is 15.1. The molecule has 0 saturated carbocycles. The van der Waals surface area contributed by atoms with Crippen molar-refractivity contribution in [1.29, 1.82) is 0 Å². The minimum Gasteiger partial charge on any atom is -0.297 e. The van der Waals surface area contributed by atoms with Crippen LogP contribution in [0.3, 0.4) is 0 Å². The van der Waals surface area contributed by atoms with E-state index in [1.807, 2.05) is 19.1 Å². The number of benzene rings is 3. The van der Waals surface area contributed by atoms with E-state index >= 15 is 4.39 Å². The van der Waals surface area contributed by atoms with E-state index in [2.05, 4.69) is 4.98 Å². The zero-order chi connectivity index (χ0) is 21.5. The zero-order valence-electron chi connectivity index (χ0n) is 16.3. The van der Waals surface area contributed by atoms with E-state index in [1.54, 1.807) is 53.4 Å². The Bertz CT molecular complexity index is 1360. The summed E-state index contributed by atoms with van der Waals surface area (Å²) >= 11 is 6.24. The Labute approximate surface area is 179 Å². The average Bonchev–Trinajstić information content (AvgIpc) is 3.18. The monoisotopic (exact) mass is 440 g/mol. The van der Waals surface area contributed by atoms with Crippen molar-refractivity contribution in [3.05, 3.63) is 89.5 Å². The standard InChI is InChI=1S/C23H18ClFN2O2S/c1-15-19(7-4-8-20(15)24)23-26-11-12-27(23)22-10-9-17(14-21(22)25)16-5-3-6-18(13-16)30(2,28)29/h3-14H,1-2H3. The van der Waals surface area contributed by atoms with Gasteiger partial charge in [0.15, 0.2) is 9.84 Å². The summed E-state index contributed by atoms with van der Waals surface area (Å²) in [6.07, 6.45) is 4.45. The maximum Gasteiger partial charge on any atom is 0.175 e. The van der Waals surface area contributed by atoms with Gasteiger partial charge in [-0.25, -0.2) is 17.8 Å². The van der Waals surface area contributed by atoms with Gasteiger partial charge in [0.1, 0.15) is 11.6 Å². The van der Waals surface area contributed by atoms with Crippen LogP contribution in [0.5, 0.6) is 0 Å². The molecule has 4 nitrogen and oxygen atoms in total. The molecule has 152 valence electrons. The Kier molecular flexibility index (Phi) is 5.22. The van der Waals surface area contributed by atoms with E-state index in [9.17, 15) is 8.42 Å². The Morgan fingerprint density at radius 3 is 2.47 bits per heavy atom. The number of imidazole rings is 1. The lowest BCUT2D eigenvalue weighted by molar-refractivity contribution is 0.602. The zero-order valence-corrected chi connectivity index (χ0v) is 17.9. The molecule has 0 amide bonds. The fraction of sp³-hybridized carbons (Fsp3) is 0.0870. The van der Waals surface area contributed by atoms with Crippen LogP contribution in [0, 0.1) is 12.7 Å². The summed E-state index contributed by atoms with van der Waals surface area (Å²) in [6, 6.07) is 16.8. The van der Waals surface area contributed by atoms with Crippen molar-refractivity contribution in [3.63, 3.8) is 0 Å². The normalized spacial score (nSPS) is 11.6. The Hall–Kier alpha value is -2.96. The lowest BCUT2D eigenvalue weighted by Crippen LogP contribution is -2.01. The Morgan fingerprint density at radius 1 is 1.00 bits per heavy atom. The van der Waals surface area contributed by atoms with Crippen molar-refractivity contribution in [1.82, 2.24) is 9.55 Å². The Balaban J connectivity index is 1.78. The summed E-state index contributed by atoms with van der Waals surface area (Å²) in [5.74, 6) is 0.136. The number of hydrogen-bond acceptors (Lipinski definition) is 3. The van der Waals surface area contributed by atoms with Gasteiger partial charge in [-0.05, 0) is 53.9 Å². The van der Waals surface area contributed by atoms with Crippen molar-refractivity contribution in [3.8, 4) is 28.2 Å². The second-order valence-electron chi connectivity index (χ2n) is 7.00. The number of aromatic nitrogens is 2. The topological polar surface area (TPSA) is 52.0 Å². The largest absolute Gasteiger partial charge is 0.297 e. The van der Waals surface area contributed by atoms with E-state index < -0.39 is 15.7 Å². The minimum absolute atomic E-state index is 0.192. The van der Waals surface area contributed by atoms with Gasteiger partial charge in [-0.3, -0.25) is 4.57 Å². The van der Waals surface area contributed by atoms with Crippen LogP contribution in [0.25, 0.3) is 28.2 Å². The van der Waals surface area contributed by atoms with Crippen molar-refractivity contribution >= 4 is 21.4 Å². The molecule has 0 unspecified atom stereocenters. The van der Waals surface area contributed by atoms with Crippen LogP contribution in [-0.2, 0) is 9.84 Å². The molecule has 0 aliphatic carbocycles. The minimum atomic E-state index is -3.35. The van der Waals surface area contributed by atoms with Crippen molar-refractivity contribution < 1.29 is 12.8 Å². The molecule has 0 N–H and O–H groups in total. The van der Waals surface area contributed by atoms with Crippen molar-refractivity contribution in [2.75, 3.05) is 6.26 Å². The van der Waals surface area contributed by atoms with Crippen LogP contribution in [0.4, 0.5) is 4.39 Å². The number of sulfone groups is 1. The molecule has 4 aromatic rings. The second kappa shape index (κ2) is 7.70. The lowest BCUT2D eigenvalue weighted by Gasteiger charge is -2.13. The average molecular weight is 441 g/mol. The molecule has 30 heavy (non-hydrogen) atoms. The number of nitrogens with zero attached hydrogens (tertiary/aromatic N) is 2. The molecule has 7 heteroatoms. The maximum absolute atomic E-state index is 15.1. The first-order chi connectivity index (χ1) is 14.3. The number of halogens is 2. The lowest BCUT2D eigenvalue weighted by atomic mass is 10.0. The fourth-order valence-electron chi connectivity index (χ4n) is 3.33. The summed E-state index contributed by atoms with van der Waals surface area (Å²) in [5.41, 5.74) is 3.23. The smallest absolute Gasteiger partial charge is 0.175 e. The van der Waals surface area contributed by atoms with Crippen LogP contribution in [-0.4, -0.2) is 24.2 Å². The molecule has 0 bridgehead atoms. The van der Waals surface area contributed by atoms with Gasteiger partial charge in [-0.1, -0.05) is 41.9 Å². The van der Waals surface area contributed by atoms with Gasteiger partial charge < -0.3 is 0 Å². The van der Waals surface area contributed by atoms with E-state index in [0.29, 0.717) is 27.7 Å². The van der Waals surface area contributed by atoms with Crippen LogP contribution in [0.15, 0.2) is 78.0 Å². The summed E-state index contributed by atoms with van der Waals surface area (Å²) in [4.78, 5) is 4.59. The molecule has 0 saturated heterocycles. The molecular formula is C23H18ClFN2O2S. The predicted molar refractivity (Wildman–Crippen MR) is 117 cm³/mol. The quantitative estimate of drug-likeness (QED) is 0.408.